The molecular weight excluding hydrogens is 308 g/mol. The molecule has 2 N–H and O–H groups in total. The second kappa shape index (κ2) is 7.27. The Balaban J connectivity index is 1.85. The van der Waals surface area contributed by atoms with Gasteiger partial charge in [0.1, 0.15) is 5.69 Å². The zero-order valence-electron chi connectivity index (χ0n) is 13.5. The van der Waals surface area contributed by atoms with E-state index in [1.165, 1.54) is 13.1 Å². The third-order valence-electron chi connectivity index (χ3n) is 3.91. The highest BCUT2D eigenvalue weighted by atomic mass is 16.5. The van der Waals surface area contributed by atoms with E-state index < -0.39 is 0 Å². The minimum atomic E-state index is -0.319. The molecule has 0 radical (unpaired) electrons. The molecule has 1 aliphatic heterocycles. The number of hydrogen-bond donors (Lipinski definition) is 2. The quantitative estimate of drug-likeness (QED) is 0.850. The first-order chi connectivity index (χ1) is 11.7. The maximum absolute atomic E-state index is 12.6. The standard InChI is InChI=1S/C17H20N4O3/c1-18-16(22)14-9-15(17(23)19-13-7-8-24-11-13)21(20-14)10-12-5-3-2-4-6-12/h2-6,9,13H,7-8,10-11H2,1H3,(H,18,22)(H,19,23). The number of carbonyl (C=O) groups excluding carboxylic acids is 2. The topological polar surface area (TPSA) is 85.3 Å². The highest BCUT2D eigenvalue weighted by molar-refractivity contribution is 5.97. The SMILES string of the molecule is CNC(=O)c1cc(C(=O)NC2CCOC2)n(Cc2ccccc2)n1. The van der Waals surface area contributed by atoms with Gasteiger partial charge < -0.3 is 15.4 Å². The molecule has 1 unspecified atom stereocenters. The highest BCUT2D eigenvalue weighted by Crippen LogP contribution is 2.11. The number of amides is 2. The van der Waals surface area contributed by atoms with E-state index in [2.05, 4.69) is 15.7 Å². The number of benzene rings is 1. The van der Waals surface area contributed by atoms with Crippen LogP contribution in [0.4, 0.5) is 0 Å². The maximum Gasteiger partial charge on any atom is 0.271 e. The molecule has 0 saturated carbocycles. The van der Waals surface area contributed by atoms with Crippen LogP contribution in [0.2, 0.25) is 0 Å². The summed E-state index contributed by atoms with van der Waals surface area (Å²) in [5.74, 6) is -0.566. The molecule has 0 spiro atoms. The minimum absolute atomic E-state index is 0.000951. The molecule has 7 heteroatoms. The lowest BCUT2D eigenvalue weighted by atomic mass is 10.2. The fourth-order valence-corrected chi connectivity index (χ4v) is 2.62. The van der Waals surface area contributed by atoms with E-state index in [-0.39, 0.29) is 23.6 Å². The zero-order valence-corrected chi connectivity index (χ0v) is 13.5. The Labute approximate surface area is 140 Å². The molecule has 0 bridgehead atoms. The number of nitrogens with zero attached hydrogens (tertiary/aromatic N) is 2. The lowest BCUT2D eigenvalue weighted by Crippen LogP contribution is -2.36. The van der Waals surface area contributed by atoms with Crippen LogP contribution in [0.15, 0.2) is 36.4 Å². The van der Waals surface area contributed by atoms with Gasteiger partial charge in [-0.15, -0.1) is 0 Å². The first-order valence-corrected chi connectivity index (χ1v) is 7.90. The van der Waals surface area contributed by atoms with Gasteiger partial charge in [-0.1, -0.05) is 30.3 Å². The third-order valence-corrected chi connectivity index (χ3v) is 3.91. The summed E-state index contributed by atoms with van der Waals surface area (Å²) in [4.78, 5) is 24.4. The summed E-state index contributed by atoms with van der Waals surface area (Å²) in [5, 5.41) is 9.75. The number of aromatic nitrogens is 2. The van der Waals surface area contributed by atoms with E-state index in [0.717, 1.165) is 12.0 Å². The van der Waals surface area contributed by atoms with Crippen LogP contribution in [0.5, 0.6) is 0 Å². The smallest absolute Gasteiger partial charge is 0.271 e. The van der Waals surface area contributed by atoms with Crippen LogP contribution in [0, 0.1) is 0 Å². The highest BCUT2D eigenvalue weighted by Gasteiger charge is 2.23. The van der Waals surface area contributed by atoms with Gasteiger partial charge >= 0.3 is 0 Å². The monoisotopic (exact) mass is 328 g/mol. The van der Waals surface area contributed by atoms with Crippen LogP contribution in [0.1, 0.15) is 33.0 Å². The summed E-state index contributed by atoms with van der Waals surface area (Å²) in [6, 6.07) is 11.2. The van der Waals surface area contributed by atoms with E-state index in [1.54, 1.807) is 4.68 Å². The van der Waals surface area contributed by atoms with Crippen molar-refractivity contribution in [3.05, 3.63) is 53.3 Å². The molecule has 0 aliphatic carbocycles. The summed E-state index contributed by atoms with van der Waals surface area (Å²) in [5.41, 5.74) is 1.59. The molecule has 126 valence electrons. The van der Waals surface area contributed by atoms with E-state index in [9.17, 15) is 9.59 Å². The van der Waals surface area contributed by atoms with E-state index in [4.69, 9.17) is 4.74 Å². The van der Waals surface area contributed by atoms with Crippen molar-refractivity contribution in [1.82, 2.24) is 20.4 Å². The van der Waals surface area contributed by atoms with Crippen molar-refractivity contribution in [3.8, 4) is 0 Å². The predicted molar refractivity (Wildman–Crippen MR) is 87.9 cm³/mol. The van der Waals surface area contributed by atoms with Gasteiger partial charge in [-0.2, -0.15) is 5.10 Å². The Bertz CT molecular complexity index is 721. The molecule has 7 nitrogen and oxygen atoms in total. The Morgan fingerprint density at radius 1 is 1.29 bits per heavy atom. The van der Waals surface area contributed by atoms with Crippen molar-refractivity contribution in [2.24, 2.45) is 0 Å². The molecule has 3 rings (SSSR count). The van der Waals surface area contributed by atoms with Crippen molar-refractivity contribution in [2.75, 3.05) is 20.3 Å². The Kier molecular flexibility index (Phi) is 4.90. The lowest BCUT2D eigenvalue weighted by Gasteiger charge is -2.12. The molecule has 2 amide bonds. The van der Waals surface area contributed by atoms with Crippen molar-refractivity contribution in [2.45, 2.75) is 19.0 Å². The lowest BCUT2D eigenvalue weighted by molar-refractivity contribution is 0.0918. The Morgan fingerprint density at radius 3 is 2.75 bits per heavy atom. The molecule has 1 atom stereocenters. The van der Waals surface area contributed by atoms with Gasteiger partial charge in [-0.05, 0) is 12.0 Å². The third kappa shape index (κ3) is 3.62. The van der Waals surface area contributed by atoms with Crippen molar-refractivity contribution in [1.29, 1.82) is 0 Å². The van der Waals surface area contributed by atoms with Crippen LogP contribution < -0.4 is 10.6 Å². The molecule has 1 aromatic heterocycles. The maximum atomic E-state index is 12.6. The number of hydrogen-bond acceptors (Lipinski definition) is 4. The van der Waals surface area contributed by atoms with Gasteiger partial charge in [-0.25, -0.2) is 0 Å². The predicted octanol–water partition coefficient (Wildman–Crippen LogP) is 0.810. The molecule has 1 saturated heterocycles. The largest absolute Gasteiger partial charge is 0.379 e. The average Bonchev–Trinajstić information content (AvgIpc) is 3.25. The van der Waals surface area contributed by atoms with E-state index in [0.29, 0.717) is 25.5 Å². The normalized spacial score (nSPS) is 16.8. The first kappa shape index (κ1) is 16.2. The van der Waals surface area contributed by atoms with Gasteiger partial charge in [0, 0.05) is 19.7 Å². The van der Waals surface area contributed by atoms with Crippen molar-refractivity contribution < 1.29 is 14.3 Å². The van der Waals surface area contributed by atoms with Crippen molar-refractivity contribution in [3.63, 3.8) is 0 Å². The Morgan fingerprint density at radius 2 is 2.08 bits per heavy atom. The van der Waals surface area contributed by atoms with Gasteiger partial charge in [0.25, 0.3) is 11.8 Å². The molecule has 1 aromatic carbocycles. The molecule has 1 aliphatic rings. The van der Waals surface area contributed by atoms with E-state index >= 15 is 0 Å². The van der Waals surface area contributed by atoms with Crippen LogP contribution in [-0.4, -0.2) is 47.9 Å². The number of carbonyl (C=O) groups is 2. The fraction of sp³-hybridized carbons (Fsp3) is 0.353. The summed E-state index contributed by atoms with van der Waals surface area (Å²) >= 11 is 0. The van der Waals surface area contributed by atoms with Crippen LogP contribution in [-0.2, 0) is 11.3 Å². The summed E-state index contributed by atoms with van der Waals surface area (Å²) in [7, 11) is 1.54. The van der Waals surface area contributed by atoms with Crippen LogP contribution >= 0.6 is 0 Å². The van der Waals surface area contributed by atoms with Gasteiger partial charge in [-0.3, -0.25) is 14.3 Å². The number of rotatable bonds is 5. The Hall–Kier alpha value is -2.67. The molecule has 24 heavy (non-hydrogen) atoms. The molecule has 2 heterocycles. The van der Waals surface area contributed by atoms with E-state index in [1.807, 2.05) is 30.3 Å². The van der Waals surface area contributed by atoms with Gasteiger partial charge in [0.15, 0.2) is 5.69 Å². The average molecular weight is 328 g/mol. The zero-order chi connectivity index (χ0) is 16.9. The molecular formula is C17H20N4O3. The fourth-order valence-electron chi connectivity index (χ4n) is 2.62. The second-order valence-electron chi connectivity index (χ2n) is 5.67. The van der Waals surface area contributed by atoms with Crippen LogP contribution in [0.3, 0.4) is 0 Å². The summed E-state index contributed by atoms with van der Waals surface area (Å²) < 4.78 is 6.84. The molecule has 2 aromatic rings. The number of ether oxygens (including phenoxy) is 1. The minimum Gasteiger partial charge on any atom is -0.379 e. The molecule has 1 fully saturated rings. The van der Waals surface area contributed by atoms with Gasteiger partial charge in [0.2, 0.25) is 0 Å². The first-order valence-electron chi connectivity index (χ1n) is 7.90. The van der Waals surface area contributed by atoms with Gasteiger partial charge in [0.05, 0.1) is 19.2 Å². The summed E-state index contributed by atoms with van der Waals surface area (Å²) in [6.45, 7) is 1.58. The second-order valence-corrected chi connectivity index (χ2v) is 5.67. The number of nitrogens with one attached hydrogen (secondary N) is 2. The van der Waals surface area contributed by atoms with Crippen molar-refractivity contribution >= 4 is 11.8 Å². The summed E-state index contributed by atoms with van der Waals surface area (Å²) in [6.07, 6.45) is 0.793. The van der Waals surface area contributed by atoms with Crippen LogP contribution in [0.25, 0.3) is 0 Å².